The van der Waals surface area contributed by atoms with E-state index in [0.29, 0.717) is 44.7 Å². The third-order valence-corrected chi connectivity index (χ3v) is 5.45. The highest BCUT2D eigenvalue weighted by Gasteiger charge is 2.26. The predicted octanol–water partition coefficient (Wildman–Crippen LogP) is 2.65. The van der Waals surface area contributed by atoms with Gasteiger partial charge in [-0.2, -0.15) is 5.10 Å². The minimum Gasteiger partial charge on any atom is -0.361 e. The molecule has 9 heteroatoms. The summed E-state index contributed by atoms with van der Waals surface area (Å²) in [6.07, 6.45) is 1.32. The quantitative estimate of drug-likeness (QED) is 0.655. The van der Waals surface area contributed by atoms with Crippen molar-refractivity contribution in [2.75, 3.05) is 13.1 Å². The molecule has 1 aliphatic heterocycles. The highest BCUT2D eigenvalue weighted by atomic mass is 19.1. The number of aromatic nitrogens is 3. The monoisotopic (exact) mass is 425 g/mol. The SMILES string of the molecule is Cc1noc(C)c1CCNC(=O)c1cc2n(n1)CCCN(Cc1ccc(F)cc1)C2=O. The van der Waals surface area contributed by atoms with Crippen molar-refractivity contribution in [3.8, 4) is 0 Å². The van der Waals surface area contributed by atoms with Gasteiger partial charge in [0, 0.05) is 37.8 Å². The lowest BCUT2D eigenvalue weighted by Crippen LogP contribution is -2.30. The second kappa shape index (κ2) is 8.71. The molecule has 8 nitrogen and oxygen atoms in total. The average Bonchev–Trinajstić information content (AvgIpc) is 3.28. The van der Waals surface area contributed by atoms with Crippen LogP contribution < -0.4 is 5.32 Å². The van der Waals surface area contributed by atoms with Gasteiger partial charge in [-0.1, -0.05) is 17.3 Å². The van der Waals surface area contributed by atoms with Crippen LogP contribution in [0, 0.1) is 19.7 Å². The largest absolute Gasteiger partial charge is 0.361 e. The summed E-state index contributed by atoms with van der Waals surface area (Å²) in [7, 11) is 0. The molecule has 4 rings (SSSR count). The van der Waals surface area contributed by atoms with Gasteiger partial charge >= 0.3 is 0 Å². The van der Waals surface area contributed by atoms with Crippen molar-refractivity contribution in [2.45, 2.75) is 39.8 Å². The molecule has 162 valence electrons. The number of carbonyl (C=O) groups excluding carboxylic acids is 2. The van der Waals surface area contributed by atoms with E-state index < -0.39 is 0 Å². The first-order valence-corrected chi connectivity index (χ1v) is 10.2. The lowest BCUT2D eigenvalue weighted by Gasteiger charge is -2.20. The van der Waals surface area contributed by atoms with Crippen LogP contribution in [-0.2, 0) is 19.5 Å². The third-order valence-electron chi connectivity index (χ3n) is 5.45. The Morgan fingerprint density at radius 1 is 1.23 bits per heavy atom. The minimum absolute atomic E-state index is 0.191. The summed E-state index contributed by atoms with van der Waals surface area (Å²) in [5, 5.41) is 11.1. The van der Waals surface area contributed by atoms with Crippen LogP contribution in [0.1, 0.15) is 50.0 Å². The van der Waals surface area contributed by atoms with Gasteiger partial charge < -0.3 is 14.7 Å². The first kappa shape index (κ1) is 20.8. The van der Waals surface area contributed by atoms with Gasteiger partial charge in [-0.15, -0.1) is 0 Å². The highest BCUT2D eigenvalue weighted by molar-refractivity contribution is 5.98. The number of benzene rings is 1. The molecule has 2 amide bonds. The van der Waals surface area contributed by atoms with Crippen LogP contribution in [-0.4, -0.2) is 44.7 Å². The Morgan fingerprint density at radius 3 is 2.71 bits per heavy atom. The van der Waals surface area contributed by atoms with Crippen LogP contribution in [0.4, 0.5) is 4.39 Å². The lowest BCUT2D eigenvalue weighted by atomic mass is 10.1. The van der Waals surface area contributed by atoms with Crippen molar-refractivity contribution in [2.24, 2.45) is 0 Å². The van der Waals surface area contributed by atoms with Crippen molar-refractivity contribution >= 4 is 11.8 Å². The van der Waals surface area contributed by atoms with E-state index in [4.69, 9.17) is 4.52 Å². The number of nitrogens with one attached hydrogen (secondary N) is 1. The van der Waals surface area contributed by atoms with E-state index in [9.17, 15) is 14.0 Å². The van der Waals surface area contributed by atoms with Crippen molar-refractivity contribution in [3.05, 3.63) is 70.1 Å². The zero-order valence-electron chi connectivity index (χ0n) is 17.5. The number of rotatable bonds is 6. The summed E-state index contributed by atoms with van der Waals surface area (Å²) in [4.78, 5) is 27.3. The Labute approximate surface area is 179 Å². The minimum atomic E-state index is -0.329. The fraction of sp³-hybridized carbons (Fsp3) is 0.364. The molecule has 0 spiro atoms. The number of amides is 2. The highest BCUT2D eigenvalue weighted by Crippen LogP contribution is 2.17. The number of halogens is 1. The van der Waals surface area contributed by atoms with Crippen LogP contribution >= 0.6 is 0 Å². The number of hydrogen-bond acceptors (Lipinski definition) is 5. The van der Waals surface area contributed by atoms with E-state index in [1.165, 1.54) is 18.2 Å². The van der Waals surface area contributed by atoms with Gasteiger partial charge in [-0.05, 0) is 44.4 Å². The smallest absolute Gasteiger partial charge is 0.272 e. The number of fused-ring (bicyclic) bond motifs is 1. The maximum absolute atomic E-state index is 13.2. The molecule has 0 unspecified atom stereocenters. The van der Waals surface area contributed by atoms with Gasteiger partial charge in [-0.3, -0.25) is 14.3 Å². The van der Waals surface area contributed by atoms with Crippen molar-refractivity contribution in [3.63, 3.8) is 0 Å². The number of nitrogens with zero attached hydrogens (tertiary/aromatic N) is 4. The van der Waals surface area contributed by atoms with Crippen molar-refractivity contribution in [1.29, 1.82) is 0 Å². The molecular weight excluding hydrogens is 401 g/mol. The zero-order chi connectivity index (χ0) is 22.0. The molecular formula is C22H24FN5O3. The van der Waals surface area contributed by atoms with E-state index in [-0.39, 0.29) is 23.3 Å². The van der Waals surface area contributed by atoms with Crippen molar-refractivity contribution < 1.29 is 18.5 Å². The van der Waals surface area contributed by atoms with E-state index in [1.807, 2.05) is 13.8 Å². The molecule has 0 saturated heterocycles. The Bertz CT molecular complexity index is 1080. The molecule has 31 heavy (non-hydrogen) atoms. The molecule has 0 saturated carbocycles. The second-order valence-electron chi connectivity index (χ2n) is 7.65. The predicted molar refractivity (Wildman–Crippen MR) is 110 cm³/mol. The molecule has 2 aromatic heterocycles. The number of aryl methyl sites for hydroxylation is 3. The van der Waals surface area contributed by atoms with Gasteiger partial charge in [-0.25, -0.2) is 4.39 Å². The molecule has 1 aliphatic rings. The van der Waals surface area contributed by atoms with Crippen molar-refractivity contribution in [1.82, 2.24) is 25.2 Å². The number of hydrogen-bond donors (Lipinski definition) is 1. The van der Waals surface area contributed by atoms with E-state index in [2.05, 4.69) is 15.6 Å². The third kappa shape index (κ3) is 4.50. The normalized spacial score (nSPS) is 13.8. The van der Waals surface area contributed by atoms with E-state index in [0.717, 1.165) is 22.6 Å². The summed E-state index contributed by atoms with van der Waals surface area (Å²) in [6, 6.07) is 7.64. The van der Waals surface area contributed by atoms with Crippen LogP contribution in [0.2, 0.25) is 0 Å². The molecule has 0 aliphatic carbocycles. The van der Waals surface area contributed by atoms with Crippen LogP contribution in [0.3, 0.4) is 0 Å². The molecule has 1 N–H and O–H groups in total. The Balaban J connectivity index is 1.42. The van der Waals surface area contributed by atoms with Gasteiger partial charge in [0.1, 0.15) is 17.3 Å². The molecule has 0 radical (unpaired) electrons. The summed E-state index contributed by atoms with van der Waals surface area (Å²) < 4.78 is 19.9. The molecule has 0 atom stereocenters. The Kier molecular flexibility index (Phi) is 5.83. The van der Waals surface area contributed by atoms with E-state index >= 15 is 0 Å². The molecule has 0 fully saturated rings. The average molecular weight is 425 g/mol. The topological polar surface area (TPSA) is 93.3 Å². The Morgan fingerprint density at radius 2 is 2.00 bits per heavy atom. The first-order valence-electron chi connectivity index (χ1n) is 10.2. The molecule has 0 bridgehead atoms. The van der Waals surface area contributed by atoms with Gasteiger partial charge in [0.25, 0.3) is 11.8 Å². The summed E-state index contributed by atoms with van der Waals surface area (Å²) in [6.45, 7) is 5.61. The van der Waals surface area contributed by atoms with Crippen LogP contribution in [0.25, 0.3) is 0 Å². The van der Waals surface area contributed by atoms with Gasteiger partial charge in [0.05, 0.1) is 5.69 Å². The molecule has 3 heterocycles. The van der Waals surface area contributed by atoms with Gasteiger partial charge in [0.15, 0.2) is 5.69 Å². The Hall–Kier alpha value is -3.49. The number of carbonyl (C=O) groups is 2. The molecule has 1 aromatic carbocycles. The summed E-state index contributed by atoms with van der Waals surface area (Å²) >= 11 is 0. The standard InChI is InChI=1S/C22H24FN5O3/c1-14-18(15(2)31-26-14)8-9-24-21(29)19-12-20-22(30)27(10-3-11-28(20)25-19)13-16-4-6-17(23)7-5-16/h4-7,12H,3,8-11,13H2,1-2H3,(H,24,29). The fourth-order valence-corrected chi connectivity index (χ4v) is 3.76. The zero-order valence-corrected chi connectivity index (χ0v) is 17.5. The summed E-state index contributed by atoms with van der Waals surface area (Å²) in [5.41, 5.74) is 3.24. The molecule has 3 aromatic rings. The second-order valence-corrected chi connectivity index (χ2v) is 7.65. The fourth-order valence-electron chi connectivity index (χ4n) is 3.76. The maximum Gasteiger partial charge on any atom is 0.272 e. The van der Waals surface area contributed by atoms with Crippen LogP contribution in [0.5, 0.6) is 0 Å². The lowest BCUT2D eigenvalue weighted by molar-refractivity contribution is 0.0745. The first-order chi connectivity index (χ1) is 14.9. The van der Waals surface area contributed by atoms with Crippen LogP contribution in [0.15, 0.2) is 34.9 Å². The summed E-state index contributed by atoms with van der Waals surface area (Å²) in [5.74, 6) is -0.0874. The van der Waals surface area contributed by atoms with Gasteiger partial charge in [0.2, 0.25) is 0 Å². The maximum atomic E-state index is 13.2. The van der Waals surface area contributed by atoms with E-state index in [1.54, 1.807) is 21.7 Å².